The van der Waals surface area contributed by atoms with Gasteiger partial charge in [0.2, 0.25) is 0 Å². The fraction of sp³-hybridized carbons (Fsp3) is 0.769. The van der Waals surface area contributed by atoms with Crippen LogP contribution in [0.3, 0.4) is 0 Å². The van der Waals surface area contributed by atoms with Gasteiger partial charge in [0.15, 0.2) is 0 Å². The molecule has 1 aromatic rings. The second kappa shape index (κ2) is 4.67. The number of piperazine rings is 1. The number of thiazole rings is 1. The Kier molecular flexibility index (Phi) is 3.19. The summed E-state index contributed by atoms with van der Waals surface area (Å²) in [7, 11) is 0. The molecule has 0 spiro atoms. The van der Waals surface area contributed by atoms with Crippen LogP contribution in [0.4, 0.5) is 0 Å². The summed E-state index contributed by atoms with van der Waals surface area (Å²) >= 11 is 1.79. The first-order chi connectivity index (χ1) is 8.25. The smallest absolute Gasteiger partial charge is 0.109 e. The van der Waals surface area contributed by atoms with Gasteiger partial charge in [-0.25, -0.2) is 4.98 Å². The molecule has 0 amide bonds. The van der Waals surface area contributed by atoms with E-state index in [-0.39, 0.29) is 0 Å². The zero-order valence-corrected chi connectivity index (χ0v) is 11.5. The fourth-order valence-corrected chi connectivity index (χ4v) is 4.05. The van der Waals surface area contributed by atoms with Crippen LogP contribution in [0.2, 0.25) is 0 Å². The lowest BCUT2D eigenvalue weighted by Gasteiger charge is -2.44. The second-order valence-corrected chi connectivity index (χ2v) is 6.31. The average molecular weight is 251 g/mol. The van der Waals surface area contributed by atoms with Gasteiger partial charge in [-0.05, 0) is 33.2 Å². The molecule has 0 aromatic carbocycles. The van der Waals surface area contributed by atoms with Crippen molar-refractivity contribution in [3.63, 3.8) is 0 Å². The molecule has 1 aromatic heterocycles. The Morgan fingerprint density at radius 1 is 1.47 bits per heavy atom. The molecular formula is C13H21N3S. The van der Waals surface area contributed by atoms with E-state index in [1.165, 1.54) is 37.5 Å². The van der Waals surface area contributed by atoms with Gasteiger partial charge in [0, 0.05) is 36.8 Å². The van der Waals surface area contributed by atoms with E-state index >= 15 is 0 Å². The summed E-state index contributed by atoms with van der Waals surface area (Å²) in [5, 5.41) is 3.35. The molecule has 3 unspecified atom stereocenters. The summed E-state index contributed by atoms with van der Waals surface area (Å²) in [5.41, 5.74) is 0. The lowest BCUT2D eigenvalue weighted by Crippen LogP contribution is -2.55. The minimum atomic E-state index is 0.479. The minimum absolute atomic E-state index is 0.479. The van der Waals surface area contributed by atoms with E-state index < -0.39 is 0 Å². The van der Waals surface area contributed by atoms with Crippen molar-refractivity contribution in [3.05, 3.63) is 16.6 Å². The third kappa shape index (κ3) is 2.14. The Labute approximate surface area is 107 Å². The van der Waals surface area contributed by atoms with E-state index in [0.717, 1.165) is 6.04 Å². The number of rotatable bonds is 2. The maximum Gasteiger partial charge on any atom is 0.109 e. The Morgan fingerprint density at radius 3 is 3.12 bits per heavy atom. The van der Waals surface area contributed by atoms with Crippen molar-refractivity contribution in [3.8, 4) is 0 Å². The largest absolute Gasteiger partial charge is 0.298 e. The number of hydrogen-bond acceptors (Lipinski definition) is 4. The van der Waals surface area contributed by atoms with Crippen molar-refractivity contribution in [2.24, 2.45) is 0 Å². The molecule has 2 aliphatic rings. The van der Waals surface area contributed by atoms with Crippen LogP contribution in [-0.4, -0.2) is 46.5 Å². The standard InChI is InChI=1S/C13H21N3S/c1-10-8-15-6-3-4-12(15)9-16(10)11(2)13-14-5-7-17-13/h5,7,10-12H,3-4,6,8-9H2,1-2H3. The van der Waals surface area contributed by atoms with Crippen molar-refractivity contribution < 1.29 is 0 Å². The summed E-state index contributed by atoms with van der Waals surface area (Å²) in [5.74, 6) is 0. The summed E-state index contributed by atoms with van der Waals surface area (Å²) < 4.78 is 0. The van der Waals surface area contributed by atoms with Gasteiger partial charge in [-0.15, -0.1) is 11.3 Å². The molecule has 0 bridgehead atoms. The highest BCUT2D eigenvalue weighted by Crippen LogP contribution is 2.31. The quantitative estimate of drug-likeness (QED) is 0.804. The molecule has 0 saturated carbocycles. The Morgan fingerprint density at radius 2 is 2.35 bits per heavy atom. The molecule has 0 aliphatic carbocycles. The maximum atomic E-state index is 4.47. The molecule has 3 atom stereocenters. The fourth-order valence-electron chi connectivity index (χ4n) is 3.33. The predicted molar refractivity (Wildman–Crippen MR) is 71.3 cm³/mol. The Balaban J connectivity index is 1.74. The SMILES string of the molecule is CC1CN2CCCC2CN1C(C)c1nccs1. The van der Waals surface area contributed by atoms with Crippen molar-refractivity contribution in [1.29, 1.82) is 0 Å². The van der Waals surface area contributed by atoms with E-state index in [9.17, 15) is 0 Å². The van der Waals surface area contributed by atoms with Crippen LogP contribution >= 0.6 is 11.3 Å². The Bertz CT molecular complexity index is 365. The minimum Gasteiger partial charge on any atom is -0.298 e. The Hall–Kier alpha value is -0.450. The first-order valence-corrected chi connectivity index (χ1v) is 7.53. The summed E-state index contributed by atoms with van der Waals surface area (Å²) in [6, 6.07) is 1.93. The molecule has 17 heavy (non-hydrogen) atoms. The number of fused-ring (bicyclic) bond motifs is 1. The normalized spacial score (nSPS) is 32.6. The highest BCUT2D eigenvalue weighted by molar-refractivity contribution is 7.09. The lowest BCUT2D eigenvalue weighted by atomic mass is 10.1. The molecule has 0 N–H and O–H groups in total. The van der Waals surface area contributed by atoms with E-state index in [1.807, 2.05) is 6.20 Å². The van der Waals surface area contributed by atoms with E-state index in [0.29, 0.717) is 12.1 Å². The molecule has 3 heterocycles. The second-order valence-electron chi connectivity index (χ2n) is 5.38. The number of hydrogen-bond donors (Lipinski definition) is 0. The van der Waals surface area contributed by atoms with Gasteiger partial charge in [0.05, 0.1) is 6.04 Å². The number of aromatic nitrogens is 1. The predicted octanol–water partition coefficient (Wildman–Crippen LogP) is 2.37. The maximum absolute atomic E-state index is 4.47. The van der Waals surface area contributed by atoms with Crippen molar-refractivity contribution >= 4 is 11.3 Å². The zero-order valence-electron chi connectivity index (χ0n) is 10.7. The van der Waals surface area contributed by atoms with Crippen molar-refractivity contribution in [1.82, 2.24) is 14.8 Å². The lowest BCUT2D eigenvalue weighted by molar-refractivity contribution is 0.0325. The monoisotopic (exact) mass is 251 g/mol. The van der Waals surface area contributed by atoms with Crippen LogP contribution < -0.4 is 0 Å². The van der Waals surface area contributed by atoms with Crippen molar-refractivity contribution in [2.45, 2.75) is 44.8 Å². The highest BCUT2D eigenvalue weighted by Gasteiger charge is 2.36. The third-order valence-corrected chi connectivity index (χ3v) is 5.24. The van der Waals surface area contributed by atoms with Crippen LogP contribution in [-0.2, 0) is 0 Å². The van der Waals surface area contributed by atoms with Gasteiger partial charge in [-0.1, -0.05) is 0 Å². The summed E-state index contributed by atoms with van der Waals surface area (Å²) in [6.07, 6.45) is 4.69. The van der Waals surface area contributed by atoms with Gasteiger partial charge in [0.1, 0.15) is 5.01 Å². The zero-order chi connectivity index (χ0) is 11.8. The van der Waals surface area contributed by atoms with Crippen LogP contribution in [0, 0.1) is 0 Å². The van der Waals surface area contributed by atoms with E-state index in [2.05, 4.69) is 34.0 Å². The number of nitrogens with zero attached hydrogens (tertiary/aromatic N) is 3. The molecule has 2 aliphatic heterocycles. The molecule has 94 valence electrons. The highest BCUT2D eigenvalue weighted by atomic mass is 32.1. The summed E-state index contributed by atoms with van der Waals surface area (Å²) in [6.45, 7) is 8.44. The van der Waals surface area contributed by atoms with Gasteiger partial charge >= 0.3 is 0 Å². The van der Waals surface area contributed by atoms with Crippen LogP contribution in [0.25, 0.3) is 0 Å². The topological polar surface area (TPSA) is 19.4 Å². The van der Waals surface area contributed by atoms with Crippen LogP contribution in [0.5, 0.6) is 0 Å². The van der Waals surface area contributed by atoms with Gasteiger partial charge < -0.3 is 0 Å². The van der Waals surface area contributed by atoms with Gasteiger partial charge in [-0.2, -0.15) is 0 Å². The average Bonchev–Trinajstić information content (AvgIpc) is 2.97. The molecule has 2 saturated heterocycles. The third-order valence-electron chi connectivity index (χ3n) is 4.29. The van der Waals surface area contributed by atoms with Gasteiger partial charge in [0.25, 0.3) is 0 Å². The molecule has 3 rings (SSSR count). The van der Waals surface area contributed by atoms with E-state index in [4.69, 9.17) is 0 Å². The molecule has 2 fully saturated rings. The van der Waals surface area contributed by atoms with E-state index in [1.54, 1.807) is 11.3 Å². The van der Waals surface area contributed by atoms with Crippen LogP contribution in [0.1, 0.15) is 37.7 Å². The molecule has 4 heteroatoms. The molecular weight excluding hydrogens is 230 g/mol. The summed E-state index contributed by atoms with van der Waals surface area (Å²) in [4.78, 5) is 9.80. The van der Waals surface area contributed by atoms with Crippen LogP contribution in [0.15, 0.2) is 11.6 Å². The molecule has 0 radical (unpaired) electrons. The van der Waals surface area contributed by atoms with Crippen molar-refractivity contribution in [2.75, 3.05) is 19.6 Å². The van der Waals surface area contributed by atoms with Gasteiger partial charge in [-0.3, -0.25) is 9.80 Å². The first kappa shape index (κ1) is 11.6. The molecule has 3 nitrogen and oxygen atoms in total. The first-order valence-electron chi connectivity index (χ1n) is 6.65.